The van der Waals surface area contributed by atoms with Crippen molar-refractivity contribution in [1.82, 2.24) is 8.61 Å². The maximum atomic E-state index is 13.3. The third kappa shape index (κ3) is 2.37. The summed E-state index contributed by atoms with van der Waals surface area (Å²) in [5, 5.41) is 0. The van der Waals surface area contributed by atoms with Gasteiger partial charge in [-0.25, -0.2) is 4.39 Å². The normalized spacial score (nSPS) is 34.4. The predicted molar refractivity (Wildman–Crippen MR) is 58.8 cm³/mol. The van der Waals surface area contributed by atoms with Crippen molar-refractivity contribution < 1.29 is 12.8 Å². The van der Waals surface area contributed by atoms with Crippen LogP contribution in [0.5, 0.6) is 0 Å². The van der Waals surface area contributed by atoms with E-state index in [2.05, 4.69) is 0 Å². The van der Waals surface area contributed by atoms with E-state index in [1.165, 1.54) is 8.61 Å². The summed E-state index contributed by atoms with van der Waals surface area (Å²) in [6.07, 6.45) is 0.892. The highest BCUT2D eigenvalue weighted by Gasteiger charge is 2.37. The molecule has 2 heterocycles. The molecule has 2 aliphatic heterocycles. The van der Waals surface area contributed by atoms with E-state index in [0.717, 1.165) is 12.8 Å². The van der Waals surface area contributed by atoms with E-state index < -0.39 is 16.4 Å². The lowest BCUT2D eigenvalue weighted by molar-refractivity contribution is 0.179. The van der Waals surface area contributed by atoms with Crippen molar-refractivity contribution in [2.75, 3.05) is 26.2 Å². The highest BCUT2D eigenvalue weighted by atomic mass is 32.2. The molecule has 0 radical (unpaired) electrons. The second-order valence-electron chi connectivity index (χ2n) is 4.52. The van der Waals surface area contributed by atoms with Gasteiger partial charge in [0, 0.05) is 32.2 Å². The van der Waals surface area contributed by atoms with E-state index in [1.807, 2.05) is 0 Å². The minimum Gasteiger partial charge on any atom is -0.326 e. The molecule has 0 unspecified atom stereocenters. The fourth-order valence-electron chi connectivity index (χ4n) is 2.31. The minimum absolute atomic E-state index is 0.0491. The zero-order valence-corrected chi connectivity index (χ0v) is 10.00. The van der Waals surface area contributed by atoms with Crippen molar-refractivity contribution in [3.8, 4) is 0 Å². The summed E-state index contributed by atoms with van der Waals surface area (Å²) < 4.78 is 40.1. The molecular weight excluding hydrogens is 233 g/mol. The van der Waals surface area contributed by atoms with Crippen molar-refractivity contribution in [3.63, 3.8) is 0 Å². The molecule has 7 heteroatoms. The van der Waals surface area contributed by atoms with Gasteiger partial charge in [-0.2, -0.15) is 17.0 Å². The first kappa shape index (κ1) is 12.2. The Balaban J connectivity index is 2.10. The minimum atomic E-state index is -3.48. The van der Waals surface area contributed by atoms with Crippen LogP contribution in [0.2, 0.25) is 0 Å². The Hall–Kier alpha value is -0.240. The highest BCUT2D eigenvalue weighted by Crippen LogP contribution is 2.21. The Morgan fingerprint density at radius 2 is 1.75 bits per heavy atom. The van der Waals surface area contributed by atoms with Crippen LogP contribution in [-0.2, 0) is 10.2 Å². The Kier molecular flexibility index (Phi) is 3.48. The first-order valence-corrected chi connectivity index (χ1v) is 7.04. The zero-order chi connectivity index (χ0) is 11.8. The van der Waals surface area contributed by atoms with E-state index in [0.29, 0.717) is 13.1 Å². The lowest BCUT2D eigenvalue weighted by Gasteiger charge is -2.34. The predicted octanol–water partition coefficient (Wildman–Crippen LogP) is -0.302. The van der Waals surface area contributed by atoms with Crippen LogP contribution in [0.3, 0.4) is 0 Å². The number of nitrogens with zero attached hydrogens (tertiary/aromatic N) is 2. The van der Waals surface area contributed by atoms with Gasteiger partial charge < -0.3 is 5.73 Å². The number of piperidine rings is 1. The molecule has 0 aliphatic carbocycles. The van der Waals surface area contributed by atoms with Crippen LogP contribution < -0.4 is 5.73 Å². The van der Waals surface area contributed by atoms with Gasteiger partial charge in [-0.15, -0.1) is 0 Å². The Labute approximate surface area is 95.6 Å². The van der Waals surface area contributed by atoms with Gasteiger partial charge in [0.25, 0.3) is 10.2 Å². The second kappa shape index (κ2) is 4.56. The van der Waals surface area contributed by atoms with Gasteiger partial charge in [0.1, 0.15) is 6.17 Å². The van der Waals surface area contributed by atoms with Crippen molar-refractivity contribution >= 4 is 10.2 Å². The SMILES string of the molecule is N[C@H]1C[C@H](F)CN(S(=O)(=O)N2CCCC2)C1. The maximum Gasteiger partial charge on any atom is 0.282 e. The van der Waals surface area contributed by atoms with Gasteiger partial charge in [0.05, 0.1) is 0 Å². The van der Waals surface area contributed by atoms with Gasteiger partial charge in [-0.3, -0.25) is 0 Å². The average Bonchev–Trinajstić information content (AvgIpc) is 2.69. The first-order chi connectivity index (χ1) is 7.50. The van der Waals surface area contributed by atoms with E-state index >= 15 is 0 Å². The Bertz CT molecular complexity index is 333. The molecule has 0 saturated carbocycles. The van der Waals surface area contributed by atoms with Gasteiger partial charge >= 0.3 is 0 Å². The van der Waals surface area contributed by atoms with Gasteiger partial charge in [0.2, 0.25) is 0 Å². The number of alkyl halides is 1. The standard InChI is InChI=1S/C9H18FN3O2S/c10-8-5-9(11)7-13(6-8)16(14,15)12-3-1-2-4-12/h8-9H,1-7,11H2/t8-,9-/m0/s1. The van der Waals surface area contributed by atoms with Crippen LogP contribution in [0, 0.1) is 0 Å². The van der Waals surface area contributed by atoms with Crippen LogP contribution in [0.15, 0.2) is 0 Å². The molecule has 5 nitrogen and oxygen atoms in total. The number of hydrogen-bond acceptors (Lipinski definition) is 3. The third-order valence-corrected chi connectivity index (χ3v) is 5.08. The average molecular weight is 251 g/mol. The molecule has 94 valence electrons. The zero-order valence-electron chi connectivity index (χ0n) is 9.18. The van der Waals surface area contributed by atoms with Crippen LogP contribution in [-0.4, -0.2) is 55.4 Å². The second-order valence-corrected chi connectivity index (χ2v) is 6.45. The molecule has 0 bridgehead atoms. The molecule has 2 saturated heterocycles. The van der Waals surface area contributed by atoms with Crippen molar-refractivity contribution in [2.24, 2.45) is 5.73 Å². The monoisotopic (exact) mass is 251 g/mol. The summed E-state index contributed by atoms with van der Waals surface area (Å²) in [6.45, 7) is 1.28. The topological polar surface area (TPSA) is 66.6 Å². The van der Waals surface area contributed by atoms with Crippen molar-refractivity contribution in [1.29, 1.82) is 0 Å². The molecule has 2 fully saturated rings. The van der Waals surface area contributed by atoms with Crippen molar-refractivity contribution in [3.05, 3.63) is 0 Å². The lowest BCUT2D eigenvalue weighted by Crippen LogP contribution is -2.53. The van der Waals surface area contributed by atoms with Crippen LogP contribution in [0.4, 0.5) is 4.39 Å². The summed E-state index contributed by atoms with van der Waals surface area (Å²) in [5.41, 5.74) is 5.65. The fraction of sp³-hybridized carbons (Fsp3) is 1.00. The number of nitrogens with two attached hydrogens (primary N) is 1. The van der Waals surface area contributed by atoms with E-state index in [1.54, 1.807) is 0 Å². The van der Waals surface area contributed by atoms with E-state index in [4.69, 9.17) is 5.73 Å². The molecule has 0 spiro atoms. The summed E-state index contributed by atoms with van der Waals surface area (Å²) in [5.74, 6) is 0. The Morgan fingerprint density at radius 3 is 2.31 bits per heavy atom. The molecule has 2 aliphatic rings. The summed E-state index contributed by atoms with van der Waals surface area (Å²) in [6, 6.07) is -0.388. The molecule has 0 aromatic rings. The molecule has 0 amide bonds. The van der Waals surface area contributed by atoms with Crippen molar-refractivity contribution in [2.45, 2.75) is 31.5 Å². The molecule has 0 aromatic carbocycles. The van der Waals surface area contributed by atoms with E-state index in [-0.39, 0.29) is 25.6 Å². The van der Waals surface area contributed by atoms with Crippen LogP contribution in [0.25, 0.3) is 0 Å². The summed E-state index contributed by atoms with van der Waals surface area (Å²) in [7, 11) is -3.48. The van der Waals surface area contributed by atoms with Gasteiger partial charge in [0.15, 0.2) is 0 Å². The Morgan fingerprint density at radius 1 is 1.12 bits per heavy atom. The quantitative estimate of drug-likeness (QED) is 0.732. The van der Waals surface area contributed by atoms with Crippen LogP contribution >= 0.6 is 0 Å². The number of hydrogen-bond donors (Lipinski definition) is 1. The molecule has 2 rings (SSSR count). The smallest absolute Gasteiger partial charge is 0.282 e. The largest absolute Gasteiger partial charge is 0.326 e. The summed E-state index contributed by atoms with van der Waals surface area (Å²) in [4.78, 5) is 0. The molecular formula is C9H18FN3O2S. The maximum absolute atomic E-state index is 13.3. The third-order valence-electron chi connectivity index (χ3n) is 3.12. The fourth-order valence-corrected chi connectivity index (χ4v) is 4.08. The van der Waals surface area contributed by atoms with Gasteiger partial charge in [-0.05, 0) is 19.3 Å². The molecule has 16 heavy (non-hydrogen) atoms. The number of rotatable bonds is 2. The molecule has 2 atom stereocenters. The van der Waals surface area contributed by atoms with Gasteiger partial charge in [-0.1, -0.05) is 0 Å². The van der Waals surface area contributed by atoms with E-state index in [9.17, 15) is 12.8 Å². The van der Waals surface area contributed by atoms with Crippen LogP contribution in [0.1, 0.15) is 19.3 Å². The summed E-state index contributed by atoms with van der Waals surface area (Å²) >= 11 is 0. The lowest BCUT2D eigenvalue weighted by atomic mass is 10.1. The molecule has 0 aromatic heterocycles. The first-order valence-electron chi connectivity index (χ1n) is 5.65. The molecule has 2 N–H and O–H groups in total. The number of halogens is 1. The highest BCUT2D eigenvalue weighted by molar-refractivity contribution is 7.86.